The molecular formula is C24H29N5O4S. The predicted molar refractivity (Wildman–Crippen MR) is 128 cm³/mol. The Morgan fingerprint density at radius 2 is 1.82 bits per heavy atom. The normalized spacial score (nSPS) is 22.3. The van der Waals surface area contributed by atoms with E-state index in [4.69, 9.17) is 4.63 Å². The zero-order valence-electron chi connectivity index (χ0n) is 19.4. The van der Waals surface area contributed by atoms with Gasteiger partial charge < -0.3 is 9.80 Å². The number of fused-ring (bicyclic) bond motifs is 1. The second kappa shape index (κ2) is 8.99. The summed E-state index contributed by atoms with van der Waals surface area (Å²) in [6.45, 7) is 6.76. The molecule has 0 unspecified atom stereocenters. The molecule has 2 atom stereocenters. The first-order valence-corrected chi connectivity index (χ1v) is 13.1. The summed E-state index contributed by atoms with van der Waals surface area (Å²) in [5.41, 5.74) is 3.00. The van der Waals surface area contributed by atoms with Gasteiger partial charge in [0.15, 0.2) is 5.52 Å². The molecule has 34 heavy (non-hydrogen) atoms. The molecular weight excluding hydrogens is 454 g/mol. The highest BCUT2D eigenvalue weighted by atomic mass is 32.2. The van der Waals surface area contributed by atoms with Gasteiger partial charge in [-0.3, -0.25) is 4.79 Å². The molecule has 0 saturated carbocycles. The summed E-state index contributed by atoms with van der Waals surface area (Å²) in [7, 11) is -3.82. The van der Waals surface area contributed by atoms with Crippen LogP contribution in [0, 0.1) is 12.8 Å². The molecule has 1 amide bonds. The van der Waals surface area contributed by atoms with Crippen molar-refractivity contribution in [1.29, 1.82) is 0 Å². The average molecular weight is 484 g/mol. The highest BCUT2D eigenvalue weighted by molar-refractivity contribution is 7.89. The highest BCUT2D eigenvalue weighted by Gasteiger charge is 2.37. The standard InChI is InChI=1S/C24H29N5O4S/c1-17-8-10-20(11-9-17)29-14-13-27(15-18(29)2)24(30)19-5-4-12-28(16-19)34(31,32)22-7-3-6-21-23(22)26-33-25-21/h3,6-11,18-19H,4-5,12-16H2,1-2H3/t18-,19+/m1/s1. The first-order valence-electron chi connectivity index (χ1n) is 11.7. The zero-order chi connectivity index (χ0) is 23.9. The molecule has 2 aromatic carbocycles. The molecule has 10 heteroatoms. The maximum Gasteiger partial charge on any atom is 0.245 e. The van der Waals surface area contributed by atoms with Crippen LogP contribution < -0.4 is 4.90 Å². The van der Waals surface area contributed by atoms with E-state index in [-0.39, 0.29) is 34.8 Å². The van der Waals surface area contributed by atoms with E-state index >= 15 is 0 Å². The van der Waals surface area contributed by atoms with Crippen LogP contribution in [0.3, 0.4) is 0 Å². The number of amides is 1. The number of aromatic nitrogens is 2. The molecule has 1 aromatic heterocycles. The molecule has 2 fully saturated rings. The van der Waals surface area contributed by atoms with Gasteiger partial charge in [-0.25, -0.2) is 13.0 Å². The van der Waals surface area contributed by atoms with Crippen molar-refractivity contribution >= 4 is 32.7 Å². The number of aryl methyl sites for hydroxylation is 1. The summed E-state index contributed by atoms with van der Waals surface area (Å²) < 4.78 is 33.0. The highest BCUT2D eigenvalue weighted by Crippen LogP contribution is 2.29. The molecule has 0 spiro atoms. The number of hydrogen-bond acceptors (Lipinski definition) is 7. The lowest BCUT2D eigenvalue weighted by Gasteiger charge is -2.43. The minimum Gasteiger partial charge on any atom is -0.365 e. The van der Waals surface area contributed by atoms with Crippen molar-refractivity contribution in [2.24, 2.45) is 5.92 Å². The Hall–Kier alpha value is -2.98. The van der Waals surface area contributed by atoms with Crippen LogP contribution in [-0.2, 0) is 14.8 Å². The third-order valence-corrected chi connectivity index (χ3v) is 8.80. The zero-order valence-corrected chi connectivity index (χ0v) is 20.2. The second-order valence-electron chi connectivity index (χ2n) is 9.25. The van der Waals surface area contributed by atoms with Crippen LogP contribution in [0.25, 0.3) is 11.0 Å². The number of sulfonamides is 1. The fourth-order valence-electron chi connectivity index (χ4n) is 5.03. The Bertz CT molecular complexity index is 1290. The summed E-state index contributed by atoms with van der Waals surface area (Å²) >= 11 is 0. The van der Waals surface area contributed by atoms with Crippen molar-refractivity contribution in [2.75, 3.05) is 37.6 Å². The number of carbonyl (C=O) groups excluding carboxylic acids is 1. The van der Waals surface area contributed by atoms with E-state index < -0.39 is 10.0 Å². The van der Waals surface area contributed by atoms with Crippen molar-refractivity contribution in [2.45, 2.75) is 37.6 Å². The second-order valence-corrected chi connectivity index (χ2v) is 11.2. The molecule has 0 N–H and O–H groups in total. The summed E-state index contributed by atoms with van der Waals surface area (Å²) in [6.07, 6.45) is 1.33. The van der Waals surface area contributed by atoms with Crippen LogP contribution in [0.5, 0.6) is 0 Å². The van der Waals surface area contributed by atoms with Gasteiger partial charge in [-0.05, 0) is 61.3 Å². The van der Waals surface area contributed by atoms with Gasteiger partial charge in [0.2, 0.25) is 15.9 Å². The number of rotatable bonds is 4. The number of piperazine rings is 1. The Labute approximate surface area is 199 Å². The maximum atomic E-state index is 13.4. The largest absolute Gasteiger partial charge is 0.365 e. The molecule has 3 aromatic rings. The van der Waals surface area contributed by atoms with Crippen LogP contribution in [-0.4, -0.2) is 72.6 Å². The third-order valence-electron chi connectivity index (χ3n) is 6.90. The average Bonchev–Trinajstić information content (AvgIpc) is 3.33. The molecule has 2 aliphatic rings. The van der Waals surface area contributed by atoms with E-state index in [2.05, 4.69) is 53.3 Å². The number of carbonyl (C=O) groups is 1. The molecule has 2 saturated heterocycles. The van der Waals surface area contributed by atoms with Crippen molar-refractivity contribution in [3.63, 3.8) is 0 Å². The summed E-state index contributed by atoms with van der Waals surface area (Å²) in [6, 6.07) is 13.4. The van der Waals surface area contributed by atoms with E-state index in [1.54, 1.807) is 12.1 Å². The lowest BCUT2D eigenvalue weighted by Crippen LogP contribution is -2.56. The Morgan fingerprint density at radius 3 is 2.59 bits per heavy atom. The van der Waals surface area contributed by atoms with Crippen LogP contribution >= 0.6 is 0 Å². The fraction of sp³-hybridized carbons (Fsp3) is 0.458. The minimum atomic E-state index is -3.82. The first-order chi connectivity index (χ1) is 16.3. The lowest BCUT2D eigenvalue weighted by molar-refractivity contribution is -0.137. The third kappa shape index (κ3) is 4.16. The van der Waals surface area contributed by atoms with Gasteiger partial charge in [-0.2, -0.15) is 4.31 Å². The van der Waals surface area contributed by atoms with Crippen molar-refractivity contribution in [3.8, 4) is 0 Å². The van der Waals surface area contributed by atoms with Gasteiger partial charge in [-0.15, -0.1) is 0 Å². The van der Waals surface area contributed by atoms with E-state index in [0.717, 1.165) is 12.2 Å². The number of benzene rings is 2. The SMILES string of the molecule is Cc1ccc(N2CCN(C(=O)[C@H]3CCCN(S(=O)(=O)c4cccc5nonc45)C3)C[C@H]2C)cc1. The predicted octanol–water partition coefficient (Wildman–Crippen LogP) is 2.67. The minimum absolute atomic E-state index is 0.0385. The molecule has 0 bridgehead atoms. The van der Waals surface area contributed by atoms with Crippen LogP contribution in [0.15, 0.2) is 52.0 Å². The van der Waals surface area contributed by atoms with Gasteiger partial charge in [0.1, 0.15) is 10.4 Å². The first kappa shape index (κ1) is 22.8. The van der Waals surface area contributed by atoms with Gasteiger partial charge >= 0.3 is 0 Å². The van der Waals surface area contributed by atoms with Crippen molar-refractivity contribution < 1.29 is 17.8 Å². The monoisotopic (exact) mass is 483 g/mol. The fourth-order valence-corrected chi connectivity index (χ4v) is 6.69. The number of piperidine rings is 1. The molecule has 2 aliphatic heterocycles. The summed E-state index contributed by atoms with van der Waals surface area (Å²) in [5.74, 6) is -0.312. The molecule has 9 nitrogen and oxygen atoms in total. The lowest BCUT2D eigenvalue weighted by atomic mass is 9.97. The van der Waals surface area contributed by atoms with Gasteiger partial charge in [-0.1, -0.05) is 23.8 Å². The smallest absolute Gasteiger partial charge is 0.245 e. The topological polar surface area (TPSA) is 99.8 Å². The van der Waals surface area contributed by atoms with E-state index in [1.165, 1.54) is 15.9 Å². The van der Waals surface area contributed by atoms with Crippen molar-refractivity contribution in [3.05, 3.63) is 48.0 Å². The van der Waals surface area contributed by atoms with Crippen LogP contribution in [0.1, 0.15) is 25.3 Å². The van der Waals surface area contributed by atoms with Gasteiger partial charge in [0.25, 0.3) is 0 Å². The Kier molecular flexibility index (Phi) is 6.03. The summed E-state index contributed by atoms with van der Waals surface area (Å²) in [5, 5.41) is 7.53. The van der Waals surface area contributed by atoms with E-state index in [1.807, 2.05) is 4.90 Å². The van der Waals surface area contributed by atoms with Crippen LogP contribution in [0.2, 0.25) is 0 Å². The Morgan fingerprint density at radius 1 is 1.03 bits per heavy atom. The molecule has 0 aliphatic carbocycles. The molecule has 3 heterocycles. The maximum absolute atomic E-state index is 13.4. The quantitative estimate of drug-likeness (QED) is 0.562. The number of anilines is 1. The van der Waals surface area contributed by atoms with Crippen molar-refractivity contribution in [1.82, 2.24) is 19.5 Å². The molecule has 5 rings (SSSR count). The number of hydrogen-bond donors (Lipinski definition) is 0. The molecule has 180 valence electrons. The Balaban J connectivity index is 1.28. The van der Waals surface area contributed by atoms with Crippen LogP contribution in [0.4, 0.5) is 5.69 Å². The van der Waals surface area contributed by atoms with Gasteiger partial charge in [0.05, 0.1) is 5.92 Å². The summed E-state index contributed by atoms with van der Waals surface area (Å²) in [4.78, 5) is 17.7. The van der Waals surface area contributed by atoms with E-state index in [0.29, 0.717) is 38.0 Å². The number of nitrogens with zero attached hydrogens (tertiary/aromatic N) is 5. The van der Waals surface area contributed by atoms with E-state index in [9.17, 15) is 13.2 Å². The molecule has 0 radical (unpaired) electrons. The van der Waals surface area contributed by atoms with Gasteiger partial charge in [0, 0.05) is 44.5 Å².